The molecule has 0 aliphatic rings. The van der Waals surface area contributed by atoms with Crippen molar-refractivity contribution in [3.63, 3.8) is 0 Å². The van der Waals surface area contributed by atoms with Crippen LogP contribution in [0.1, 0.15) is 24.7 Å². The van der Waals surface area contributed by atoms with Gasteiger partial charge in [-0.1, -0.05) is 30.7 Å². The first-order valence-electron chi connectivity index (χ1n) is 6.52. The second-order valence-corrected chi connectivity index (χ2v) is 4.75. The van der Waals surface area contributed by atoms with Gasteiger partial charge in [-0.2, -0.15) is 0 Å². The Morgan fingerprint density at radius 2 is 1.70 bits per heavy atom. The minimum atomic E-state index is 0.249. The monoisotopic (exact) mass is 292 g/mol. The van der Waals surface area contributed by atoms with E-state index >= 15 is 0 Å². The van der Waals surface area contributed by atoms with E-state index in [1.54, 1.807) is 0 Å². The number of benzene rings is 1. The summed E-state index contributed by atoms with van der Waals surface area (Å²) >= 11 is 6.07. The van der Waals surface area contributed by atoms with Gasteiger partial charge in [0.25, 0.3) is 5.88 Å². The lowest BCUT2D eigenvalue weighted by Gasteiger charge is -2.12. The molecule has 0 unspecified atom stereocenters. The van der Waals surface area contributed by atoms with Gasteiger partial charge in [-0.05, 0) is 32.4 Å². The molecule has 0 atom stereocenters. The molecule has 0 fully saturated rings. The molecule has 5 heteroatoms. The van der Waals surface area contributed by atoms with E-state index in [0.717, 1.165) is 17.8 Å². The maximum Gasteiger partial charge on any atom is 0.258 e. The van der Waals surface area contributed by atoms with E-state index in [2.05, 4.69) is 16.9 Å². The molecule has 0 saturated carbocycles. The highest BCUT2D eigenvalue weighted by Gasteiger charge is 2.12. The number of ether oxygens (including phenoxy) is 2. The largest absolute Gasteiger partial charge is 0.490 e. The van der Waals surface area contributed by atoms with Gasteiger partial charge in [-0.25, -0.2) is 9.97 Å². The molecule has 1 heterocycles. The van der Waals surface area contributed by atoms with Crippen LogP contribution >= 0.6 is 11.6 Å². The molecular formula is C15H17ClN2O2. The minimum Gasteiger partial charge on any atom is -0.490 e. The number of aryl methyl sites for hydroxylation is 2. The summed E-state index contributed by atoms with van der Waals surface area (Å²) in [7, 11) is 0. The molecule has 1 aromatic carbocycles. The van der Waals surface area contributed by atoms with E-state index in [4.69, 9.17) is 21.1 Å². The van der Waals surface area contributed by atoms with Gasteiger partial charge in [0.2, 0.25) is 0 Å². The molecule has 0 spiro atoms. The maximum absolute atomic E-state index is 6.07. The first-order valence-corrected chi connectivity index (χ1v) is 6.90. The zero-order valence-corrected chi connectivity index (χ0v) is 12.6. The Labute approximate surface area is 123 Å². The Kier molecular flexibility index (Phi) is 4.79. The molecule has 0 amide bonds. The van der Waals surface area contributed by atoms with Crippen LogP contribution in [-0.4, -0.2) is 16.6 Å². The quantitative estimate of drug-likeness (QED) is 0.823. The molecule has 20 heavy (non-hydrogen) atoms. The van der Waals surface area contributed by atoms with Crippen LogP contribution in [0.3, 0.4) is 0 Å². The fourth-order valence-electron chi connectivity index (χ4n) is 1.59. The van der Waals surface area contributed by atoms with Crippen LogP contribution in [0.2, 0.25) is 5.15 Å². The lowest BCUT2D eigenvalue weighted by atomic mass is 10.3. The highest BCUT2D eigenvalue weighted by Crippen LogP contribution is 2.33. The molecule has 0 bridgehead atoms. The third-order valence-electron chi connectivity index (χ3n) is 2.75. The molecular weight excluding hydrogens is 276 g/mol. The lowest BCUT2D eigenvalue weighted by molar-refractivity contribution is 0.300. The van der Waals surface area contributed by atoms with Crippen LogP contribution in [0.4, 0.5) is 0 Å². The van der Waals surface area contributed by atoms with Crippen molar-refractivity contribution in [3.05, 3.63) is 40.8 Å². The van der Waals surface area contributed by atoms with E-state index in [1.165, 1.54) is 0 Å². The van der Waals surface area contributed by atoms with Crippen LogP contribution in [0.15, 0.2) is 24.3 Å². The fraction of sp³-hybridized carbons (Fsp3) is 0.333. The highest BCUT2D eigenvalue weighted by atomic mass is 35.5. The summed E-state index contributed by atoms with van der Waals surface area (Å²) in [6.45, 7) is 6.41. The van der Waals surface area contributed by atoms with Crippen molar-refractivity contribution in [3.8, 4) is 17.4 Å². The Balaban J connectivity index is 2.28. The molecule has 2 rings (SSSR count). The molecule has 4 nitrogen and oxygen atoms in total. The fourth-order valence-corrected chi connectivity index (χ4v) is 1.80. The average Bonchev–Trinajstić information content (AvgIpc) is 2.44. The summed E-state index contributed by atoms with van der Waals surface area (Å²) < 4.78 is 11.4. The Bertz CT molecular complexity index is 602. The number of rotatable bonds is 5. The van der Waals surface area contributed by atoms with E-state index < -0.39 is 0 Å². The van der Waals surface area contributed by atoms with Crippen molar-refractivity contribution in [2.75, 3.05) is 6.61 Å². The standard InChI is InChI=1S/C15H17ClN2O2/c1-4-9-19-12-7-5-6-8-13(12)20-15-14(16)17-10(2)11(3)18-15/h5-8H,4,9H2,1-3H3. The SMILES string of the molecule is CCCOc1ccccc1Oc1nc(C)c(C)nc1Cl. The van der Waals surface area contributed by atoms with E-state index in [1.807, 2.05) is 38.1 Å². The van der Waals surface area contributed by atoms with E-state index in [-0.39, 0.29) is 5.15 Å². The zero-order chi connectivity index (χ0) is 14.5. The van der Waals surface area contributed by atoms with Crippen LogP contribution in [0.25, 0.3) is 0 Å². The summed E-state index contributed by atoms with van der Waals surface area (Å²) in [6.07, 6.45) is 0.929. The summed E-state index contributed by atoms with van der Waals surface area (Å²) in [5, 5.41) is 0.249. The van der Waals surface area contributed by atoms with E-state index in [9.17, 15) is 0 Å². The summed E-state index contributed by atoms with van der Waals surface area (Å²) in [6, 6.07) is 7.44. The second kappa shape index (κ2) is 6.57. The van der Waals surface area contributed by atoms with Crippen molar-refractivity contribution in [1.29, 1.82) is 0 Å². The zero-order valence-electron chi connectivity index (χ0n) is 11.8. The molecule has 0 aliphatic carbocycles. The second-order valence-electron chi connectivity index (χ2n) is 4.39. The predicted octanol–water partition coefficient (Wildman–Crippen LogP) is 4.33. The van der Waals surface area contributed by atoms with Crippen molar-refractivity contribution < 1.29 is 9.47 Å². The van der Waals surface area contributed by atoms with Crippen LogP contribution in [0.5, 0.6) is 17.4 Å². The maximum atomic E-state index is 6.07. The third kappa shape index (κ3) is 3.39. The predicted molar refractivity (Wildman–Crippen MR) is 78.8 cm³/mol. The summed E-state index contributed by atoms with van der Waals surface area (Å²) in [5.41, 5.74) is 1.58. The number of aromatic nitrogens is 2. The van der Waals surface area contributed by atoms with Gasteiger partial charge >= 0.3 is 0 Å². The topological polar surface area (TPSA) is 44.2 Å². The Hall–Kier alpha value is -1.81. The van der Waals surface area contributed by atoms with Gasteiger partial charge in [0, 0.05) is 0 Å². The normalized spacial score (nSPS) is 10.4. The van der Waals surface area contributed by atoms with Gasteiger partial charge in [0.05, 0.1) is 18.0 Å². The van der Waals surface area contributed by atoms with Crippen LogP contribution in [0, 0.1) is 13.8 Å². The average molecular weight is 293 g/mol. The van der Waals surface area contributed by atoms with Gasteiger partial charge in [-0.15, -0.1) is 0 Å². The number of para-hydroxylation sites is 2. The van der Waals surface area contributed by atoms with Gasteiger partial charge in [0.15, 0.2) is 16.7 Å². The van der Waals surface area contributed by atoms with E-state index in [0.29, 0.717) is 24.0 Å². The molecule has 0 N–H and O–H groups in total. The third-order valence-corrected chi connectivity index (χ3v) is 3.00. The van der Waals surface area contributed by atoms with Crippen molar-refractivity contribution in [2.24, 2.45) is 0 Å². The number of hydrogen-bond donors (Lipinski definition) is 0. The first kappa shape index (κ1) is 14.6. The van der Waals surface area contributed by atoms with Crippen molar-refractivity contribution >= 4 is 11.6 Å². The first-order chi connectivity index (χ1) is 9.61. The van der Waals surface area contributed by atoms with Crippen LogP contribution in [-0.2, 0) is 0 Å². The van der Waals surface area contributed by atoms with Gasteiger partial charge in [0.1, 0.15) is 0 Å². The molecule has 0 radical (unpaired) electrons. The van der Waals surface area contributed by atoms with Crippen LogP contribution < -0.4 is 9.47 Å². The molecule has 0 aliphatic heterocycles. The Morgan fingerprint density at radius 3 is 2.40 bits per heavy atom. The van der Waals surface area contributed by atoms with Gasteiger partial charge in [-0.3, -0.25) is 0 Å². The minimum absolute atomic E-state index is 0.249. The number of hydrogen-bond acceptors (Lipinski definition) is 4. The lowest BCUT2D eigenvalue weighted by Crippen LogP contribution is -2.00. The highest BCUT2D eigenvalue weighted by molar-refractivity contribution is 6.30. The molecule has 0 saturated heterocycles. The number of halogens is 1. The van der Waals surface area contributed by atoms with Crippen molar-refractivity contribution in [1.82, 2.24) is 9.97 Å². The van der Waals surface area contributed by atoms with Gasteiger partial charge < -0.3 is 9.47 Å². The molecule has 106 valence electrons. The summed E-state index contributed by atoms with van der Waals surface area (Å²) in [4.78, 5) is 8.51. The molecule has 1 aromatic heterocycles. The number of nitrogens with zero attached hydrogens (tertiary/aromatic N) is 2. The summed E-state index contributed by atoms with van der Waals surface area (Å²) in [5.74, 6) is 1.55. The van der Waals surface area contributed by atoms with Crippen molar-refractivity contribution in [2.45, 2.75) is 27.2 Å². The molecule has 2 aromatic rings. The smallest absolute Gasteiger partial charge is 0.258 e. The Morgan fingerprint density at radius 1 is 1.05 bits per heavy atom.